The van der Waals surface area contributed by atoms with Crippen molar-refractivity contribution in [2.45, 2.75) is 45.2 Å². The normalized spacial score (nSPS) is 13.9. The number of rotatable bonds is 5. The van der Waals surface area contributed by atoms with Gasteiger partial charge in [-0.3, -0.25) is 4.79 Å². The first-order chi connectivity index (χ1) is 9.12. The second kappa shape index (κ2) is 6.31. The van der Waals surface area contributed by atoms with Crippen LogP contribution in [0.5, 0.6) is 0 Å². The Labute approximate surface area is 118 Å². The zero-order chi connectivity index (χ0) is 15.4. The lowest BCUT2D eigenvalue weighted by molar-refractivity contribution is -0.124. The summed E-state index contributed by atoms with van der Waals surface area (Å²) in [5.74, 6) is -3.29. The molecule has 0 heterocycles. The number of carbonyl (C=O) groups excluding carboxylic acids is 1. The number of nitrogens with one attached hydrogen (secondary N) is 2. The predicted molar refractivity (Wildman–Crippen MR) is 75.7 cm³/mol. The molecular weight excluding hydrogens is 262 g/mol. The topological polar surface area (TPSA) is 41.1 Å². The van der Waals surface area contributed by atoms with E-state index in [1.807, 2.05) is 20.8 Å². The van der Waals surface area contributed by atoms with E-state index >= 15 is 0 Å². The van der Waals surface area contributed by atoms with Crippen LogP contribution < -0.4 is 10.6 Å². The number of hydrogen-bond donors (Lipinski definition) is 2. The molecule has 0 bridgehead atoms. The van der Waals surface area contributed by atoms with Crippen LogP contribution in [0.15, 0.2) is 30.3 Å². The lowest BCUT2D eigenvalue weighted by Gasteiger charge is -2.25. The van der Waals surface area contributed by atoms with Crippen LogP contribution in [0, 0.1) is 0 Å². The molecule has 1 aromatic carbocycles. The van der Waals surface area contributed by atoms with Crippen LogP contribution in [-0.2, 0) is 10.7 Å². The molecule has 2 N–H and O–H groups in total. The molecule has 112 valence electrons. The molecule has 1 rings (SSSR count). The fourth-order valence-corrected chi connectivity index (χ4v) is 1.64. The van der Waals surface area contributed by atoms with Crippen LogP contribution in [0.25, 0.3) is 0 Å². The molecular formula is C15H22F2N2O. The summed E-state index contributed by atoms with van der Waals surface area (Å²) in [6.45, 7) is 6.53. The van der Waals surface area contributed by atoms with Crippen molar-refractivity contribution in [2.75, 3.05) is 6.54 Å². The lowest BCUT2D eigenvalue weighted by atomic mass is 10.1. The first-order valence-electron chi connectivity index (χ1n) is 6.60. The van der Waals surface area contributed by atoms with Gasteiger partial charge in [0.2, 0.25) is 5.91 Å². The number of halogens is 2. The fourth-order valence-electron chi connectivity index (χ4n) is 1.64. The summed E-state index contributed by atoms with van der Waals surface area (Å²) < 4.78 is 27.8. The summed E-state index contributed by atoms with van der Waals surface area (Å²) in [6.07, 6.45) is 0. The molecule has 5 heteroatoms. The molecule has 0 saturated carbocycles. The van der Waals surface area contributed by atoms with Crippen molar-refractivity contribution < 1.29 is 13.6 Å². The van der Waals surface area contributed by atoms with Crippen molar-refractivity contribution in [3.05, 3.63) is 35.9 Å². The van der Waals surface area contributed by atoms with Crippen LogP contribution in [0.4, 0.5) is 8.78 Å². The minimum absolute atomic E-state index is 0.0593. The first kappa shape index (κ1) is 16.6. The van der Waals surface area contributed by atoms with Crippen molar-refractivity contribution in [1.82, 2.24) is 10.6 Å². The van der Waals surface area contributed by atoms with E-state index in [1.165, 1.54) is 12.1 Å². The largest absolute Gasteiger partial charge is 0.350 e. The maximum Gasteiger partial charge on any atom is 0.285 e. The Kier molecular flexibility index (Phi) is 5.22. The van der Waals surface area contributed by atoms with Gasteiger partial charge in [0.05, 0.1) is 12.6 Å². The van der Waals surface area contributed by atoms with Gasteiger partial charge in [0.1, 0.15) is 0 Å². The molecule has 0 aliphatic rings. The molecule has 0 saturated heterocycles. The van der Waals surface area contributed by atoms with Crippen molar-refractivity contribution in [3.8, 4) is 0 Å². The molecule has 1 amide bonds. The molecule has 1 unspecified atom stereocenters. The number of amides is 1. The third-order valence-corrected chi connectivity index (χ3v) is 2.72. The molecule has 3 nitrogen and oxygen atoms in total. The third-order valence-electron chi connectivity index (χ3n) is 2.72. The Balaban J connectivity index is 2.56. The van der Waals surface area contributed by atoms with Gasteiger partial charge in [-0.05, 0) is 27.7 Å². The highest BCUT2D eigenvalue weighted by molar-refractivity contribution is 5.81. The lowest BCUT2D eigenvalue weighted by Crippen LogP contribution is -2.51. The molecule has 0 aromatic heterocycles. The zero-order valence-corrected chi connectivity index (χ0v) is 12.3. The van der Waals surface area contributed by atoms with Gasteiger partial charge >= 0.3 is 0 Å². The van der Waals surface area contributed by atoms with Crippen molar-refractivity contribution >= 4 is 5.91 Å². The molecule has 0 aliphatic heterocycles. The van der Waals surface area contributed by atoms with E-state index in [4.69, 9.17) is 0 Å². The Bertz CT molecular complexity index is 441. The highest BCUT2D eigenvalue weighted by Gasteiger charge is 2.32. The molecule has 0 fully saturated rings. The number of benzene rings is 1. The second-order valence-corrected chi connectivity index (χ2v) is 5.91. The van der Waals surface area contributed by atoms with Gasteiger partial charge in [-0.25, -0.2) is 0 Å². The zero-order valence-electron chi connectivity index (χ0n) is 12.3. The molecule has 0 radical (unpaired) electrons. The van der Waals surface area contributed by atoms with Gasteiger partial charge < -0.3 is 10.6 Å². The Morgan fingerprint density at radius 2 is 1.75 bits per heavy atom. The van der Waals surface area contributed by atoms with E-state index in [0.29, 0.717) is 0 Å². The SMILES string of the molecule is CC(NCC(F)(F)c1ccccc1)C(=O)NC(C)(C)C. The van der Waals surface area contributed by atoms with Gasteiger partial charge in [0.25, 0.3) is 5.92 Å². The summed E-state index contributed by atoms with van der Waals surface area (Å²) in [6, 6.07) is 6.90. The van der Waals surface area contributed by atoms with Crippen molar-refractivity contribution in [1.29, 1.82) is 0 Å². The van der Waals surface area contributed by atoms with Gasteiger partial charge in [-0.1, -0.05) is 30.3 Å². The number of alkyl halides is 2. The van der Waals surface area contributed by atoms with Crippen LogP contribution in [0.3, 0.4) is 0 Å². The second-order valence-electron chi connectivity index (χ2n) is 5.91. The standard InChI is InChI=1S/C15H22F2N2O/c1-11(13(20)19-14(2,3)4)18-10-15(16,17)12-8-6-5-7-9-12/h5-9,11,18H,10H2,1-4H3,(H,19,20). The van der Waals surface area contributed by atoms with Crippen LogP contribution >= 0.6 is 0 Å². The third kappa shape index (κ3) is 5.25. The summed E-state index contributed by atoms with van der Waals surface area (Å²) in [4.78, 5) is 11.8. The van der Waals surface area contributed by atoms with E-state index < -0.39 is 18.5 Å². The van der Waals surface area contributed by atoms with Gasteiger partial charge in [0.15, 0.2) is 0 Å². The van der Waals surface area contributed by atoms with Crippen LogP contribution in [0.1, 0.15) is 33.3 Å². The summed E-state index contributed by atoms with van der Waals surface area (Å²) in [5.41, 5.74) is -0.439. The Morgan fingerprint density at radius 1 is 1.20 bits per heavy atom. The first-order valence-corrected chi connectivity index (χ1v) is 6.60. The molecule has 20 heavy (non-hydrogen) atoms. The maximum absolute atomic E-state index is 13.9. The predicted octanol–water partition coefficient (Wildman–Crippen LogP) is 2.67. The molecule has 1 aromatic rings. The summed E-state index contributed by atoms with van der Waals surface area (Å²) >= 11 is 0. The summed E-state index contributed by atoms with van der Waals surface area (Å²) in [5, 5.41) is 5.33. The van der Waals surface area contributed by atoms with Crippen LogP contribution in [0.2, 0.25) is 0 Å². The van der Waals surface area contributed by atoms with E-state index in [1.54, 1.807) is 25.1 Å². The van der Waals surface area contributed by atoms with Crippen molar-refractivity contribution in [2.24, 2.45) is 0 Å². The Morgan fingerprint density at radius 3 is 2.25 bits per heavy atom. The van der Waals surface area contributed by atoms with Gasteiger partial charge in [-0.15, -0.1) is 0 Å². The average Bonchev–Trinajstić information content (AvgIpc) is 2.35. The van der Waals surface area contributed by atoms with Gasteiger partial charge in [0, 0.05) is 11.1 Å². The molecule has 0 aliphatic carbocycles. The van der Waals surface area contributed by atoms with Crippen LogP contribution in [-0.4, -0.2) is 24.0 Å². The smallest absolute Gasteiger partial charge is 0.285 e. The highest BCUT2D eigenvalue weighted by Crippen LogP contribution is 2.26. The average molecular weight is 284 g/mol. The van der Waals surface area contributed by atoms with E-state index in [9.17, 15) is 13.6 Å². The Hall–Kier alpha value is -1.49. The maximum atomic E-state index is 13.9. The quantitative estimate of drug-likeness (QED) is 0.873. The monoisotopic (exact) mass is 284 g/mol. The van der Waals surface area contributed by atoms with E-state index in [0.717, 1.165) is 0 Å². The van der Waals surface area contributed by atoms with E-state index in [2.05, 4.69) is 10.6 Å². The van der Waals surface area contributed by atoms with E-state index in [-0.39, 0.29) is 17.0 Å². The summed E-state index contributed by atoms with van der Waals surface area (Å²) in [7, 11) is 0. The van der Waals surface area contributed by atoms with Gasteiger partial charge in [-0.2, -0.15) is 8.78 Å². The minimum atomic E-state index is -3.00. The molecule has 0 spiro atoms. The molecule has 1 atom stereocenters. The number of hydrogen-bond acceptors (Lipinski definition) is 2. The highest BCUT2D eigenvalue weighted by atomic mass is 19.3. The number of carbonyl (C=O) groups is 1. The fraction of sp³-hybridized carbons (Fsp3) is 0.533. The van der Waals surface area contributed by atoms with Crippen molar-refractivity contribution in [3.63, 3.8) is 0 Å². The minimum Gasteiger partial charge on any atom is -0.350 e.